The summed E-state index contributed by atoms with van der Waals surface area (Å²) in [6.45, 7) is 6.76. The van der Waals surface area contributed by atoms with E-state index in [0.29, 0.717) is 29.2 Å². The Hall–Kier alpha value is -1.56. The van der Waals surface area contributed by atoms with Gasteiger partial charge in [-0.3, -0.25) is 13.9 Å². The van der Waals surface area contributed by atoms with E-state index in [2.05, 4.69) is 15.0 Å². The lowest BCUT2D eigenvalue weighted by molar-refractivity contribution is -0.119. The quantitative estimate of drug-likeness (QED) is 0.375. The number of fused-ring (bicyclic) bond motifs is 1. The number of nitrogen functional groups attached to an aromatic ring is 1. The van der Waals surface area contributed by atoms with Crippen molar-refractivity contribution in [2.45, 2.75) is 39.5 Å². The largest absolute Gasteiger partial charge is 0.395 e. The number of aliphatic hydroxyl groups is 1. The van der Waals surface area contributed by atoms with Crippen molar-refractivity contribution < 1.29 is 28.3 Å². The Kier molecular flexibility index (Phi) is 7.95. The summed E-state index contributed by atoms with van der Waals surface area (Å²) >= 11 is 1.04. The summed E-state index contributed by atoms with van der Waals surface area (Å²) in [6.07, 6.45) is 3.13. The number of carbonyl (C=O) groups excluding carboxylic acids is 1. The van der Waals surface area contributed by atoms with Crippen molar-refractivity contribution in [2.24, 2.45) is 11.3 Å². The Morgan fingerprint density at radius 1 is 1.41 bits per heavy atom. The van der Waals surface area contributed by atoms with Gasteiger partial charge in [-0.2, -0.15) is 0 Å². The van der Waals surface area contributed by atoms with Crippen LogP contribution in [0.1, 0.15) is 33.4 Å². The van der Waals surface area contributed by atoms with Crippen LogP contribution in [0.4, 0.5) is 5.82 Å². The minimum atomic E-state index is -3.31. The zero-order valence-electron chi connectivity index (χ0n) is 18.6. The third kappa shape index (κ3) is 5.86. The van der Waals surface area contributed by atoms with Gasteiger partial charge >= 0.3 is 7.60 Å². The smallest absolute Gasteiger partial charge is 0.327 e. The van der Waals surface area contributed by atoms with Gasteiger partial charge in [0.05, 0.1) is 37.7 Å². The number of imidazole rings is 1. The van der Waals surface area contributed by atoms with E-state index >= 15 is 0 Å². The molecule has 3 rings (SSSR count). The fourth-order valence-electron chi connectivity index (χ4n) is 3.27. The van der Waals surface area contributed by atoms with Gasteiger partial charge < -0.3 is 24.6 Å². The molecule has 1 aliphatic rings. The maximum atomic E-state index is 12.6. The molecule has 2 aromatic heterocycles. The van der Waals surface area contributed by atoms with Crippen molar-refractivity contribution >= 4 is 41.5 Å². The Bertz CT molecular complexity index is 1000. The van der Waals surface area contributed by atoms with E-state index in [1.807, 2.05) is 11.5 Å². The van der Waals surface area contributed by atoms with Crippen LogP contribution >= 0.6 is 19.4 Å². The lowest BCUT2D eigenvalue weighted by Gasteiger charge is -2.20. The molecular weight excluding hydrogens is 457 g/mol. The lowest BCUT2D eigenvalue weighted by atomic mass is 9.97. The number of aromatic nitrogens is 4. The van der Waals surface area contributed by atoms with Crippen LogP contribution < -0.4 is 5.73 Å². The van der Waals surface area contributed by atoms with Gasteiger partial charge in [0, 0.05) is 18.3 Å². The maximum Gasteiger partial charge on any atom is 0.327 e. The van der Waals surface area contributed by atoms with Crippen molar-refractivity contribution in [3.8, 4) is 0 Å². The standard InChI is InChI=1S/C19H30N5O6PS/c1-12-7-13(30-17(12)24-11-23-14-15(20)21-10-22-16(14)24)8-29-31(4,27)28-5-6-32-18(26)19(2,3)9-25/h10-13,17,25H,5-9H2,1-4H3,(H2,20,21,22). The van der Waals surface area contributed by atoms with E-state index in [-0.39, 0.29) is 43.2 Å². The van der Waals surface area contributed by atoms with E-state index in [1.54, 1.807) is 20.2 Å². The number of nitrogens with zero attached hydrogens (tertiary/aromatic N) is 4. The predicted octanol–water partition coefficient (Wildman–Crippen LogP) is 2.47. The van der Waals surface area contributed by atoms with Crippen LogP contribution in [0.25, 0.3) is 11.2 Å². The second kappa shape index (κ2) is 10.1. The van der Waals surface area contributed by atoms with Gasteiger partial charge in [0.15, 0.2) is 16.6 Å². The molecule has 32 heavy (non-hydrogen) atoms. The number of anilines is 1. The Morgan fingerprint density at radius 3 is 2.88 bits per heavy atom. The van der Waals surface area contributed by atoms with Crippen LogP contribution in [0.2, 0.25) is 0 Å². The molecule has 3 heterocycles. The van der Waals surface area contributed by atoms with Gasteiger partial charge in [0.25, 0.3) is 0 Å². The summed E-state index contributed by atoms with van der Waals surface area (Å²) in [6, 6.07) is 0. The van der Waals surface area contributed by atoms with Gasteiger partial charge in [0.1, 0.15) is 18.1 Å². The SMILES string of the molecule is CC1CC(COP(C)(=O)OCCSC(=O)C(C)(C)CO)OC1n1cnc2c(N)ncnc21. The van der Waals surface area contributed by atoms with Crippen LogP contribution in [0.15, 0.2) is 12.7 Å². The normalized spacial score (nSPS) is 23.5. The molecule has 0 aromatic carbocycles. The highest BCUT2D eigenvalue weighted by Crippen LogP contribution is 2.45. The highest BCUT2D eigenvalue weighted by Gasteiger charge is 2.36. The van der Waals surface area contributed by atoms with Crippen LogP contribution in [-0.2, 0) is 23.1 Å². The third-order valence-corrected chi connectivity index (χ3v) is 7.65. The maximum absolute atomic E-state index is 12.6. The number of hydrogen-bond donors (Lipinski definition) is 2. The third-order valence-electron chi connectivity index (χ3n) is 5.20. The molecule has 0 bridgehead atoms. The Balaban J connectivity index is 1.48. The number of ether oxygens (including phenoxy) is 1. The number of thioether (sulfide) groups is 1. The molecule has 0 radical (unpaired) electrons. The summed E-state index contributed by atoms with van der Waals surface area (Å²) in [5, 5.41) is 9.08. The molecular formula is C19H30N5O6PS. The van der Waals surface area contributed by atoms with Gasteiger partial charge in [-0.1, -0.05) is 18.7 Å². The lowest BCUT2D eigenvalue weighted by Crippen LogP contribution is -2.26. The van der Waals surface area contributed by atoms with E-state index in [9.17, 15) is 14.5 Å². The predicted molar refractivity (Wildman–Crippen MR) is 121 cm³/mol. The average molecular weight is 488 g/mol. The van der Waals surface area contributed by atoms with Crippen LogP contribution in [0.3, 0.4) is 0 Å². The Morgan fingerprint density at radius 2 is 2.16 bits per heavy atom. The number of hydrogen-bond acceptors (Lipinski definition) is 11. The molecule has 1 fully saturated rings. The molecule has 4 unspecified atom stereocenters. The van der Waals surface area contributed by atoms with Gasteiger partial charge in [-0.15, -0.1) is 0 Å². The summed E-state index contributed by atoms with van der Waals surface area (Å²) in [5.74, 6) is 0.774. The molecule has 4 atom stereocenters. The fraction of sp³-hybridized carbons (Fsp3) is 0.684. The summed E-state index contributed by atoms with van der Waals surface area (Å²) in [7, 11) is -3.31. The fourth-order valence-corrected chi connectivity index (χ4v) is 5.14. The molecule has 1 aliphatic heterocycles. The number of rotatable bonds is 10. The van der Waals surface area contributed by atoms with E-state index < -0.39 is 13.0 Å². The highest BCUT2D eigenvalue weighted by atomic mass is 32.2. The molecule has 0 saturated carbocycles. The summed E-state index contributed by atoms with van der Waals surface area (Å²) in [5.41, 5.74) is 6.16. The second-order valence-corrected chi connectivity index (χ2v) is 11.6. The first kappa shape index (κ1) is 25.1. The van der Waals surface area contributed by atoms with Crippen molar-refractivity contribution in [1.82, 2.24) is 19.5 Å². The average Bonchev–Trinajstić information content (AvgIpc) is 3.33. The zero-order valence-corrected chi connectivity index (χ0v) is 20.3. The number of aliphatic hydroxyl groups excluding tert-OH is 1. The van der Waals surface area contributed by atoms with E-state index in [1.165, 1.54) is 13.0 Å². The molecule has 13 heteroatoms. The molecule has 3 N–H and O–H groups in total. The monoisotopic (exact) mass is 487 g/mol. The topological polar surface area (TPSA) is 152 Å². The number of nitrogens with two attached hydrogens (primary N) is 1. The summed E-state index contributed by atoms with van der Waals surface area (Å²) < 4.78 is 31.4. The van der Waals surface area contributed by atoms with Crippen LogP contribution in [0, 0.1) is 11.3 Å². The first-order valence-electron chi connectivity index (χ1n) is 10.3. The minimum absolute atomic E-state index is 0.0956. The first-order valence-corrected chi connectivity index (χ1v) is 13.2. The van der Waals surface area contributed by atoms with Gasteiger partial charge in [-0.05, 0) is 20.3 Å². The highest BCUT2D eigenvalue weighted by molar-refractivity contribution is 8.13. The van der Waals surface area contributed by atoms with Crippen LogP contribution in [-0.4, -0.2) is 68.1 Å². The Labute approximate surface area is 191 Å². The molecule has 178 valence electrons. The van der Waals surface area contributed by atoms with E-state index in [4.69, 9.17) is 19.5 Å². The van der Waals surface area contributed by atoms with Crippen LogP contribution in [0.5, 0.6) is 0 Å². The zero-order chi connectivity index (χ0) is 23.5. The molecule has 11 nitrogen and oxygen atoms in total. The number of carbonyl (C=O) groups is 1. The van der Waals surface area contributed by atoms with Crippen molar-refractivity contribution in [2.75, 3.05) is 38.0 Å². The van der Waals surface area contributed by atoms with Gasteiger partial charge in [0.2, 0.25) is 0 Å². The minimum Gasteiger partial charge on any atom is -0.395 e. The van der Waals surface area contributed by atoms with Gasteiger partial charge in [-0.25, -0.2) is 15.0 Å². The van der Waals surface area contributed by atoms with Crippen molar-refractivity contribution in [3.63, 3.8) is 0 Å². The van der Waals surface area contributed by atoms with Crippen molar-refractivity contribution in [1.29, 1.82) is 0 Å². The molecule has 0 amide bonds. The van der Waals surface area contributed by atoms with E-state index in [0.717, 1.165) is 11.8 Å². The van der Waals surface area contributed by atoms with Crippen molar-refractivity contribution in [3.05, 3.63) is 12.7 Å². The molecule has 0 spiro atoms. The summed E-state index contributed by atoms with van der Waals surface area (Å²) in [4.78, 5) is 24.5. The second-order valence-electron chi connectivity index (χ2n) is 8.52. The molecule has 0 aliphatic carbocycles. The molecule has 1 saturated heterocycles. The first-order chi connectivity index (χ1) is 15.0. The molecule has 2 aromatic rings.